The van der Waals surface area contributed by atoms with Crippen molar-refractivity contribution in [2.75, 3.05) is 11.5 Å². The lowest BCUT2D eigenvalue weighted by atomic mass is 9.92. The van der Waals surface area contributed by atoms with Gasteiger partial charge in [-0.2, -0.15) is 0 Å². The largest absolute Gasteiger partial charge is 0.337 e. The second kappa shape index (κ2) is 4.69. The molecular formula is C12H20N2OS2. The number of rotatable bonds is 1. The first-order valence-corrected chi connectivity index (χ1v) is 7.94. The lowest BCUT2D eigenvalue weighted by Crippen LogP contribution is -2.26. The van der Waals surface area contributed by atoms with Gasteiger partial charge in [-0.3, -0.25) is 4.21 Å². The number of H-pyrrole nitrogens is 1. The molecule has 17 heavy (non-hydrogen) atoms. The third-order valence-electron chi connectivity index (χ3n) is 3.30. The highest BCUT2D eigenvalue weighted by molar-refractivity contribution is 7.85. The van der Waals surface area contributed by atoms with Crippen LogP contribution in [0.5, 0.6) is 0 Å². The van der Waals surface area contributed by atoms with Gasteiger partial charge in [-0.05, 0) is 25.1 Å². The standard InChI is InChI=1S/C12H20N2OS2/c1-12(2,3)10-8-13-11(16)14(10)9-4-6-17(15)7-5-9/h8-9H,4-7H2,1-3H3,(H,13,16). The first-order chi connectivity index (χ1) is 7.89. The van der Waals surface area contributed by atoms with Crippen LogP contribution in [0.15, 0.2) is 6.20 Å². The van der Waals surface area contributed by atoms with Crippen molar-refractivity contribution in [1.29, 1.82) is 0 Å². The van der Waals surface area contributed by atoms with E-state index < -0.39 is 10.8 Å². The maximum atomic E-state index is 11.4. The van der Waals surface area contributed by atoms with Crippen LogP contribution in [0.1, 0.15) is 45.3 Å². The molecule has 1 fully saturated rings. The van der Waals surface area contributed by atoms with Gasteiger partial charge in [0, 0.05) is 45.7 Å². The summed E-state index contributed by atoms with van der Waals surface area (Å²) in [7, 11) is -0.614. The number of nitrogens with one attached hydrogen (secondary N) is 1. The Bertz CT molecular complexity index is 471. The summed E-state index contributed by atoms with van der Waals surface area (Å²) in [6.07, 6.45) is 3.97. The molecule has 96 valence electrons. The fraction of sp³-hybridized carbons (Fsp3) is 0.750. The Labute approximate surface area is 110 Å². The Hall–Kier alpha value is -0.420. The normalized spacial score (nSPS) is 26.1. The number of imidazole rings is 1. The number of hydrogen-bond donors (Lipinski definition) is 1. The van der Waals surface area contributed by atoms with Gasteiger partial charge in [0.2, 0.25) is 0 Å². The van der Waals surface area contributed by atoms with Crippen molar-refractivity contribution in [2.24, 2.45) is 0 Å². The van der Waals surface area contributed by atoms with Crippen molar-refractivity contribution in [3.8, 4) is 0 Å². The molecule has 2 rings (SSSR count). The van der Waals surface area contributed by atoms with Crippen molar-refractivity contribution >= 4 is 23.0 Å². The topological polar surface area (TPSA) is 37.8 Å². The monoisotopic (exact) mass is 272 g/mol. The molecule has 0 bridgehead atoms. The number of aromatic amines is 1. The highest BCUT2D eigenvalue weighted by Crippen LogP contribution is 2.30. The third-order valence-corrected chi connectivity index (χ3v) is 5.00. The summed E-state index contributed by atoms with van der Waals surface area (Å²) in [5.41, 5.74) is 1.34. The Balaban J connectivity index is 2.35. The summed E-state index contributed by atoms with van der Waals surface area (Å²) < 4.78 is 14.5. The summed E-state index contributed by atoms with van der Waals surface area (Å²) in [6.45, 7) is 6.59. The van der Waals surface area contributed by atoms with Gasteiger partial charge in [-0.15, -0.1) is 0 Å². The maximum absolute atomic E-state index is 11.4. The van der Waals surface area contributed by atoms with E-state index in [1.54, 1.807) is 0 Å². The van der Waals surface area contributed by atoms with Gasteiger partial charge in [0.05, 0.1) is 0 Å². The van der Waals surface area contributed by atoms with Crippen LogP contribution < -0.4 is 0 Å². The molecule has 0 amide bonds. The predicted octanol–water partition coefficient (Wildman–Crippen LogP) is 2.93. The fourth-order valence-corrected chi connectivity index (χ4v) is 3.94. The zero-order valence-corrected chi connectivity index (χ0v) is 12.3. The molecule has 0 atom stereocenters. The van der Waals surface area contributed by atoms with Gasteiger partial charge in [0.25, 0.3) is 0 Å². The summed E-state index contributed by atoms with van der Waals surface area (Å²) >= 11 is 5.38. The van der Waals surface area contributed by atoms with Gasteiger partial charge >= 0.3 is 0 Å². The van der Waals surface area contributed by atoms with E-state index in [1.165, 1.54) is 5.69 Å². The van der Waals surface area contributed by atoms with E-state index in [2.05, 4.69) is 30.3 Å². The minimum atomic E-state index is -0.614. The van der Waals surface area contributed by atoms with Crippen LogP contribution in [0.3, 0.4) is 0 Å². The number of aromatic nitrogens is 2. The van der Waals surface area contributed by atoms with E-state index in [9.17, 15) is 4.21 Å². The lowest BCUT2D eigenvalue weighted by Gasteiger charge is -2.29. The third kappa shape index (κ3) is 2.71. The maximum Gasteiger partial charge on any atom is 0.177 e. The quantitative estimate of drug-likeness (QED) is 0.798. The average molecular weight is 272 g/mol. The molecule has 1 aliphatic heterocycles. The van der Waals surface area contributed by atoms with Crippen molar-refractivity contribution < 1.29 is 4.21 Å². The Kier molecular flexibility index (Phi) is 3.59. The van der Waals surface area contributed by atoms with Crippen LogP contribution in [-0.2, 0) is 16.2 Å². The molecule has 0 spiro atoms. The van der Waals surface area contributed by atoms with Crippen LogP contribution in [0.2, 0.25) is 0 Å². The smallest absolute Gasteiger partial charge is 0.177 e. The Morgan fingerprint density at radius 1 is 1.41 bits per heavy atom. The molecule has 1 N–H and O–H groups in total. The van der Waals surface area contributed by atoms with Crippen LogP contribution in [0.4, 0.5) is 0 Å². The lowest BCUT2D eigenvalue weighted by molar-refractivity contribution is 0.412. The molecule has 1 aliphatic rings. The van der Waals surface area contributed by atoms with E-state index >= 15 is 0 Å². The van der Waals surface area contributed by atoms with Gasteiger partial charge in [0.1, 0.15) is 0 Å². The van der Waals surface area contributed by atoms with E-state index in [0.717, 1.165) is 29.1 Å². The van der Waals surface area contributed by atoms with Crippen molar-refractivity contribution in [1.82, 2.24) is 9.55 Å². The number of nitrogens with zero attached hydrogens (tertiary/aromatic N) is 1. The second-order valence-electron chi connectivity index (χ2n) is 5.68. The molecular weight excluding hydrogens is 252 g/mol. The van der Waals surface area contributed by atoms with Crippen molar-refractivity contribution in [3.63, 3.8) is 0 Å². The van der Waals surface area contributed by atoms with Crippen LogP contribution >= 0.6 is 12.2 Å². The molecule has 0 aliphatic carbocycles. The molecule has 3 nitrogen and oxygen atoms in total. The van der Waals surface area contributed by atoms with E-state index in [1.807, 2.05) is 6.20 Å². The van der Waals surface area contributed by atoms with Gasteiger partial charge in [-0.1, -0.05) is 20.8 Å². The molecule has 5 heteroatoms. The zero-order valence-electron chi connectivity index (χ0n) is 10.7. The molecule has 1 aromatic heterocycles. The van der Waals surface area contributed by atoms with Crippen LogP contribution in [0.25, 0.3) is 0 Å². The predicted molar refractivity (Wildman–Crippen MR) is 74.5 cm³/mol. The second-order valence-corrected chi connectivity index (χ2v) is 7.76. The molecule has 2 heterocycles. The highest BCUT2D eigenvalue weighted by atomic mass is 32.2. The molecule has 0 radical (unpaired) electrons. The van der Waals surface area contributed by atoms with Crippen molar-refractivity contribution in [2.45, 2.75) is 45.1 Å². The fourth-order valence-electron chi connectivity index (χ4n) is 2.36. The molecule has 0 unspecified atom stereocenters. The highest BCUT2D eigenvalue weighted by Gasteiger charge is 2.26. The van der Waals surface area contributed by atoms with Gasteiger partial charge in [-0.25, -0.2) is 0 Å². The Morgan fingerprint density at radius 2 is 2.00 bits per heavy atom. The number of hydrogen-bond acceptors (Lipinski definition) is 2. The first-order valence-electron chi connectivity index (χ1n) is 6.05. The van der Waals surface area contributed by atoms with E-state index in [0.29, 0.717) is 6.04 Å². The summed E-state index contributed by atoms with van der Waals surface area (Å²) in [6, 6.07) is 0.417. The van der Waals surface area contributed by atoms with Gasteiger partial charge in [0.15, 0.2) is 4.77 Å². The molecule has 1 saturated heterocycles. The van der Waals surface area contributed by atoms with E-state index in [-0.39, 0.29) is 5.41 Å². The summed E-state index contributed by atoms with van der Waals surface area (Å²) in [5, 5.41) is 0. The van der Waals surface area contributed by atoms with Crippen LogP contribution in [-0.4, -0.2) is 25.3 Å². The molecule has 0 saturated carbocycles. The molecule has 1 aromatic rings. The minimum Gasteiger partial charge on any atom is -0.337 e. The van der Waals surface area contributed by atoms with Crippen LogP contribution in [0, 0.1) is 4.77 Å². The minimum absolute atomic E-state index is 0.0875. The first kappa shape index (κ1) is 13.0. The summed E-state index contributed by atoms with van der Waals surface area (Å²) in [4.78, 5) is 3.15. The zero-order chi connectivity index (χ0) is 12.6. The van der Waals surface area contributed by atoms with Crippen molar-refractivity contribution in [3.05, 3.63) is 16.7 Å². The average Bonchev–Trinajstić information content (AvgIpc) is 2.61. The van der Waals surface area contributed by atoms with E-state index in [4.69, 9.17) is 12.2 Å². The Morgan fingerprint density at radius 3 is 2.53 bits per heavy atom. The summed E-state index contributed by atoms with van der Waals surface area (Å²) in [5.74, 6) is 1.61. The SMILES string of the molecule is CC(C)(C)c1c[nH]c(=S)n1C1CCS(=O)CC1. The molecule has 0 aromatic carbocycles. The van der Waals surface area contributed by atoms with Gasteiger partial charge < -0.3 is 9.55 Å².